The highest BCUT2D eigenvalue weighted by Crippen LogP contribution is 2.24. The van der Waals surface area contributed by atoms with E-state index in [2.05, 4.69) is 5.32 Å². The molecule has 0 bridgehead atoms. The normalized spacial score (nSPS) is 11.6. The molecule has 0 fully saturated rings. The van der Waals surface area contributed by atoms with Crippen molar-refractivity contribution in [3.63, 3.8) is 0 Å². The van der Waals surface area contributed by atoms with Crippen LogP contribution in [0.25, 0.3) is 0 Å². The number of benzene rings is 1. The van der Waals surface area contributed by atoms with E-state index in [9.17, 15) is 13.2 Å². The number of likely N-dealkylation sites (N-methyl/N-ethyl adjacent to an activating group) is 1. The Hall–Kier alpha value is -1.05. The quantitative estimate of drug-likeness (QED) is 0.769. The van der Waals surface area contributed by atoms with Crippen LogP contribution in [0.2, 0.25) is 0 Å². The van der Waals surface area contributed by atoms with E-state index in [0.717, 1.165) is 10.6 Å². The highest BCUT2D eigenvalue weighted by Gasteiger charge is 2.11. The van der Waals surface area contributed by atoms with Crippen LogP contribution in [0.15, 0.2) is 29.2 Å². The van der Waals surface area contributed by atoms with Crippen molar-refractivity contribution in [2.75, 3.05) is 43.7 Å². The largest absolute Gasteiger partial charge is 0.324 e. The summed E-state index contributed by atoms with van der Waals surface area (Å²) >= 11 is 1.56. The number of thioether (sulfide) groups is 1. The molecule has 7 heteroatoms. The SMILES string of the molecule is CSc1ccccc1NC(=O)CN(C)CCS(C)(=O)=O. The maximum absolute atomic E-state index is 11.9. The minimum absolute atomic E-state index is 0.0537. The maximum atomic E-state index is 11.9. The van der Waals surface area contributed by atoms with Crippen LogP contribution in [0.1, 0.15) is 0 Å². The van der Waals surface area contributed by atoms with Crippen LogP contribution in [-0.2, 0) is 14.6 Å². The van der Waals surface area contributed by atoms with Crippen molar-refractivity contribution in [3.8, 4) is 0 Å². The summed E-state index contributed by atoms with van der Waals surface area (Å²) in [4.78, 5) is 14.6. The molecular weight excluding hydrogens is 296 g/mol. The Morgan fingerprint density at radius 3 is 2.60 bits per heavy atom. The zero-order valence-corrected chi connectivity index (χ0v) is 13.6. The third kappa shape index (κ3) is 6.40. The lowest BCUT2D eigenvalue weighted by molar-refractivity contribution is -0.117. The summed E-state index contributed by atoms with van der Waals surface area (Å²) in [7, 11) is -1.27. The molecule has 0 unspecified atom stereocenters. The number of carbonyl (C=O) groups excluding carboxylic acids is 1. The molecule has 0 spiro atoms. The van der Waals surface area contributed by atoms with Gasteiger partial charge in [-0.1, -0.05) is 12.1 Å². The van der Waals surface area contributed by atoms with Gasteiger partial charge in [-0.25, -0.2) is 8.42 Å². The van der Waals surface area contributed by atoms with Crippen molar-refractivity contribution in [1.82, 2.24) is 4.90 Å². The molecule has 0 atom stereocenters. The van der Waals surface area contributed by atoms with Gasteiger partial charge < -0.3 is 5.32 Å². The maximum Gasteiger partial charge on any atom is 0.238 e. The molecule has 1 aromatic carbocycles. The van der Waals surface area contributed by atoms with Crippen LogP contribution >= 0.6 is 11.8 Å². The van der Waals surface area contributed by atoms with Gasteiger partial charge in [-0.2, -0.15) is 0 Å². The minimum atomic E-state index is -3.00. The number of nitrogens with zero attached hydrogens (tertiary/aromatic N) is 1. The second-order valence-electron chi connectivity index (χ2n) is 4.62. The van der Waals surface area contributed by atoms with Gasteiger partial charge in [-0.15, -0.1) is 11.8 Å². The lowest BCUT2D eigenvalue weighted by atomic mass is 10.3. The monoisotopic (exact) mass is 316 g/mol. The van der Waals surface area contributed by atoms with Crippen LogP contribution < -0.4 is 5.32 Å². The number of sulfone groups is 1. The van der Waals surface area contributed by atoms with Crippen LogP contribution in [0.5, 0.6) is 0 Å². The summed E-state index contributed by atoms with van der Waals surface area (Å²) in [6.07, 6.45) is 3.14. The van der Waals surface area contributed by atoms with E-state index in [1.54, 1.807) is 23.7 Å². The van der Waals surface area contributed by atoms with Gasteiger partial charge in [0.15, 0.2) is 0 Å². The van der Waals surface area contributed by atoms with Crippen LogP contribution in [0.4, 0.5) is 5.69 Å². The molecule has 0 aliphatic heterocycles. The number of carbonyl (C=O) groups is 1. The van der Waals surface area contributed by atoms with Gasteiger partial charge in [0.1, 0.15) is 9.84 Å². The highest BCUT2D eigenvalue weighted by molar-refractivity contribution is 7.98. The Kier molecular flexibility index (Phi) is 6.51. The molecule has 20 heavy (non-hydrogen) atoms. The van der Waals surface area contributed by atoms with Gasteiger partial charge in [-0.3, -0.25) is 9.69 Å². The number of hydrogen-bond donors (Lipinski definition) is 1. The first-order valence-corrected chi connectivity index (χ1v) is 9.39. The van der Waals surface area contributed by atoms with Crippen molar-refractivity contribution in [1.29, 1.82) is 0 Å². The number of hydrogen-bond acceptors (Lipinski definition) is 5. The Labute approximate surface area is 124 Å². The fourth-order valence-corrected chi connectivity index (χ4v) is 2.78. The first-order chi connectivity index (χ1) is 9.31. The molecular formula is C13H20N2O3S2. The third-order valence-corrected chi connectivity index (χ3v) is 4.36. The topological polar surface area (TPSA) is 66.5 Å². The number of para-hydroxylation sites is 1. The molecule has 1 rings (SSSR count). The van der Waals surface area contributed by atoms with E-state index in [1.165, 1.54) is 6.26 Å². The van der Waals surface area contributed by atoms with Gasteiger partial charge in [0, 0.05) is 17.7 Å². The molecule has 1 N–H and O–H groups in total. The van der Waals surface area contributed by atoms with Crippen molar-refractivity contribution in [2.45, 2.75) is 4.90 Å². The Morgan fingerprint density at radius 1 is 1.35 bits per heavy atom. The van der Waals surface area contributed by atoms with Gasteiger partial charge >= 0.3 is 0 Å². The highest BCUT2D eigenvalue weighted by atomic mass is 32.2. The Morgan fingerprint density at radius 2 is 2.00 bits per heavy atom. The number of amides is 1. The lowest BCUT2D eigenvalue weighted by Crippen LogP contribution is -2.33. The van der Waals surface area contributed by atoms with Gasteiger partial charge in [0.05, 0.1) is 18.0 Å². The van der Waals surface area contributed by atoms with E-state index in [1.807, 2.05) is 30.5 Å². The second-order valence-corrected chi connectivity index (χ2v) is 7.72. The van der Waals surface area contributed by atoms with Crippen LogP contribution in [-0.4, -0.2) is 57.6 Å². The predicted molar refractivity (Wildman–Crippen MR) is 84.1 cm³/mol. The number of nitrogens with one attached hydrogen (secondary N) is 1. The zero-order chi connectivity index (χ0) is 15.2. The molecule has 0 saturated carbocycles. The van der Waals surface area contributed by atoms with E-state index >= 15 is 0 Å². The van der Waals surface area contributed by atoms with Crippen molar-refractivity contribution >= 4 is 33.2 Å². The molecule has 0 aliphatic carbocycles. The molecule has 0 aromatic heterocycles. The van der Waals surface area contributed by atoms with Gasteiger partial charge in [0.2, 0.25) is 5.91 Å². The van der Waals surface area contributed by atoms with Gasteiger partial charge in [-0.05, 0) is 25.4 Å². The van der Waals surface area contributed by atoms with Crippen molar-refractivity contribution in [3.05, 3.63) is 24.3 Å². The standard InChI is InChI=1S/C13H20N2O3S2/c1-15(8-9-20(3,17)18)10-13(16)14-11-6-4-5-7-12(11)19-2/h4-7H,8-10H2,1-3H3,(H,14,16). The smallest absolute Gasteiger partial charge is 0.238 e. The molecule has 0 radical (unpaired) electrons. The third-order valence-electron chi connectivity index (χ3n) is 2.64. The van der Waals surface area contributed by atoms with Crippen LogP contribution in [0, 0.1) is 0 Å². The minimum Gasteiger partial charge on any atom is -0.324 e. The zero-order valence-electron chi connectivity index (χ0n) is 11.9. The average Bonchev–Trinajstić information content (AvgIpc) is 2.36. The summed E-state index contributed by atoms with van der Waals surface area (Å²) in [6.45, 7) is 0.509. The fraction of sp³-hybridized carbons (Fsp3) is 0.462. The first kappa shape index (κ1) is 17.0. The number of rotatable bonds is 7. The fourth-order valence-electron chi connectivity index (χ4n) is 1.58. The molecule has 5 nitrogen and oxygen atoms in total. The van der Waals surface area contributed by atoms with Crippen molar-refractivity contribution in [2.24, 2.45) is 0 Å². The predicted octanol–water partition coefficient (Wildman–Crippen LogP) is 1.32. The Bertz CT molecular complexity index is 558. The van der Waals surface area contributed by atoms with E-state index in [0.29, 0.717) is 6.54 Å². The Balaban J connectivity index is 2.51. The molecule has 0 saturated heterocycles. The molecule has 112 valence electrons. The van der Waals surface area contributed by atoms with E-state index in [-0.39, 0.29) is 18.2 Å². The second kappa shape index (κ2) is 7.66. The molecule has 1 amide bonds. The first-order valence-electron chi connectivity index (χ1n) is 6.11. The molecule has 1 aromatic rings. The van der Waals surface area contributed by atoms with Crippen molar-refractivity contribution < 1.29 is 13.2 Å². The molecule has 0 aliphatic rings. The lowest BCUT2D eigenvalue weighted by Gasteiger charge is -2.16. The average molecular weight is 316 g/mol. The molecule has 0 heterocycles. The summed E-state index contributed by atoms with van der Waals surface area (Å²) in [5.74, 6) is -0.0967. The summed E-state index contributed by atoms with van der Waals surface area (Å²) in [5.41, 5.74) is 0.779. The van der Waals surface area contributed by atoms with E-state index in [4.69, 9.17) is 0 Å². The summed E-state index contributed by atoms with van der Waals surface area (Å²) in [6, 6.07) is 7.57. The van der Waals surface area contributed by atoms with Crippen LogP contribution in [0.3, 0.4) is 0 Å². The van der Waals surface area contributed by atoms with Gasteiger partial charge in [0.25, 0.3) is 0 Å². The summed E-state index contributed by atoms with van der Waals surface area (Å²) < 4.78 is 22.1. The number of anilines is 1. The summed E-state index contributed by atoms with van der Waals surface area (Å²) in [5, 5.41) is 2.84. The van der Waals surface area contributed by atoms with E-state index < -0.39 is 9.84 Å².